The fourth-order valence-electron chi connectivity index (χ4n) is 3.00. The van der Waals surface area contributed by atoms with E-state index in [0.717, 1.165) is 26.0 Å². The lowest BCUT2D eigenvalue weighted by Crippen LogP contribution is -2.27. The summed E-state index contributed by atoms with van der Waals surface area (Å²) in [5, 5.41) is 2.93. The summed E-state index contributed by atoms with van der Waals surface area (Å²) in [7, 11) is 0. The molecule has 1 aliphatic rings. The van der Waals surface area contributed by atoms with E-state index in [9.17, 15) is 9.59 Å². The molecule has 0 aliphatic carbocycles. The zero-order chi connectivity index (χ0) is 18.1. The average Bonchev–Trinajstić information content (AvgIpc) is 3.35. The first kappa shape index (κ1) is 17.1. The molecule has 0 saturated carbocycles. The van der Waals surface area contributed by atoms with Gasteiger partial charge in [-0.25, -0.2) is 4.98 Å². The van der Waals surface area contributed by atoms with Gasteiger partial charge in [0.25, 0.3) is 0 Å². The number of thiazole rings is 1. The second-order valence-corrected chi connectivity index (χ2v) is 8.19. The monoisotopic (exact) mass is 387 g/mol. The van der Waals surface area contributed by atoms with Crippen molar-refractivity contribution in [2.75, 3.05) is 18.1 Å². The predicted molar refractivity (Wildman–Crippen MR) is 102 cm³/mol. The molecular formula is C18H17N3O3S2. The summed E-state index contributed by atoms with van der Waals surface area (Å²) in [5.41, 5.74) is 1.66. The van der Waals surface area contributed by atoms with Crippen LogP contribution in [-0.2, 0) is 16.1 Å². The number of thioether (sulfide) groups is 1. The van der Waals surface area contributed by atoms with Crippen LogP contribution in [0, 0.1) is 5.92 Å². The van der Waals surface area contributed by atoms with E-state index >= 15 is 0 Å². The van der Waals surface area contributed by atoms with Crippen molar-refractivity contribution in [3.8, 4) is 0 Å². The van der Waals surface area contributed by atoms with Crippen LogP contribution in [0.15, 0.2) is 45.4 Å². The molecule has 1 N–H and O–H groups in total. The number of likely N-dealkylation sites (tertiary alicyclic amines) is 1. The molecule has 0 bridgehead atoms. The maximum absolute atomic E-state index is 12.6. The van der Waals surface area contributed by atoms with E-state index < -0.39 is 0 Å². The Morgan fingerprint density at radius 3 is 3.12 bits per heavy atom. The second-order valence-electron chi connectivity index (χ2n) is 6.11. The van der Waals surface area contributed by atoms with Gasteiger partial charge in [0.2, 0.25) is 11.8 Å². The van der Waals surface area contributed by atoms with Crippen molar-refractivity contribution in [2.45, 2.75) is 17.3 Å². The third kappa shape index (κ3) is 3.47. The highest BCUT2D eigenvalue weighted by Gasteiger charge is 2.34. The second kappa shape index (κ2) is 7.13. The molecule has 1 fully saturated rings. The van der Waals surface area contributed by atoms with Gasteiger partial charge in [0.15, 0.2) is 4.34 Å². The topological polar surface area (TPSA) is 75.4 Å². The summed E-state index contributed by atoms with van der Waals surface area (Å²) >= 11 is 3.21. The lowest BCUT2D eigenvalue weighted by atomic mass is 10.1. The first-order valence-electron chi connectivity index (χ1n) is 8.18. The van der Waals surface area contributed by atoms with Crippen LogP contribution in [0.5, 0.6) is 0 Å². The average molecular weight is 387 g/mol. The van der Waals surface area contributed by atoms with Gasteiger partial charge in [0, 0.05) is 18.7 Å². The number of benzene rings is 1. The molecule has 3 heterocycles. The number of hydrogen-bond acceptors (Lipinski definition) is 6. The van der Waals surface area contributed by atoms with Gasteiger partial charge in [-0.1, -0.05) is 11.8 Å². The summed E-state index contributed by atoms with van der Waals surface area (Å²) in [5.74, 6) is 0.217. The van der Waals surface area contributed by atoms with Crippen molar-refractivity contribution in [1.82, 2.24) is 9.88 Å². The van der Waals surface area contributed by atoms with Crippen molar-refractivity contribution in [3.05, 3.63) is 42.4 Å². The SMILES string of the molecule is CSc1nc2ccc(NC(=O)[C@H]3CC(=O)N(Cc4ccco4)C3)cc2s1. The van der Waals surface area contributed by atoms with Gasteiger partial charge in [0.1, 0.15) is 5.76 Å². The summed E-state index contributed by atoms with van der Waals surface area (Å²) in [4.78, 5) is 30.9. The van der Waals surface area contributed by atoms with Crippen molar-refractivity contribution < 1.29 is 14.0 Å². The van der Waals surface area contributed by atoms with Crippen LogP contribution in [-0.4, -0.2) is 34.5 Å². The van der Waals surface area contributed by atoms with Crippen LogP contribution in [0.3, 0.4) is 0 Å². The fraction of sp³-hybridized carbons (Fsp3) is 0.278. The Labute approximate surface area is 158 Å². The van der Waals surface area contributed by atoms with E-state index in [1.165, 1.54) is 0 Å². The fourth-order valence-corrected chi connectivity index (χ4v) is 4.53. The van der Waals surface area contributed by atoms with Crippen molar-refractivity contribution >= 4 is 50.8 Å². The Morgan fingerprint density at radius 2 is 2.35 bits per heavy atom. The van der Waals surface area contributed by atoms with Crippen molar-refractivity contribution in [3.63, 3.8) is 0 Å². The summed E-state index contributed by atoms with van der Waals surface area (Å²) in [6, 6.07) is 9.31. The number of rotatable bonds is 5. The van der Waals surface area contributed by atoms with Crippen molar-refractivity contribution in [2.24, 2.45) is 5.92 Å². The van der Waals surface area contributed by atoms with E-state index in [1.54, 1.807) is 40.3 Å². The minimum absolute atomic E-state index is 0.0240. The molecule has 26 heavy (non-hydrogen) atoms. The molecule has 0 radical (unpaired) electrons. The Kier molecular flexibility index (Phi) is 4.69. The largest absolute Gasteiger partial charge is 0.467 e. The first-order chi connectivity index (χ1) is 12.6. The zero-order valence-corrected chi connectivity index (χ0v) is 15.7. The number of carbonyl (C=O) groups is 2. The molecule has 4 rings (SSSR count). The standard InChI is InChI=1S/C18H17N3O3S2/c1-25-18-20-14-5-4-12(8-15(14)26-18)19-17(23)11-7-16(22)21(9-11)10-13-3-2-6-24-13/h2-6,8,11H,7,9-10H2,1H3,(H,19,23)/t11-/m0/s1. The van der Waals surface area contributed by atoms with Gasteiger partial charge in [-0.05, 0) is 36.6 Å². The number of anilines is 1. The molecule has 1 aliphatic heterocycles. The van der Waals surface area contributed by atoms with Gasteiger partial charge in [0.05, 0.1) is 28.9 Å². The summed E-state index contributed by atoms with van der Waals surface area (Å²) in [6.45, 7) is 0.810. The highest BCUT2D eigenvalue weighted by atomic mass is 32.2. The Bertz CT molecular complexity index is 952. The molecule has 0 unspecified atom stereocenters. The normalized spacial score (nSPS) is 17.2. The van der Waals surface area contributed by atoms with E-state index in [0.29, 0.717) is 13.1 Å². The molecule has 8 heteroatoms. The molecule has 3 aromatic rings. The van der Waals surface area contributed by atoms with Crippen LogP contribution in [0.1, 0.15) is 12.2 Å². The van der Waals surface area contributed by atoms with E-state index in [4.69, 9.17) is 4.42 Å². The predicted octanol–water partition coefficient (Wildman–Crippen LogP) is 3.60. The van der Waals surface area contributed by atoms with Crippen LogP contribution in [0.25, 0.3) is 10.2 Å². The van der Waals surface area contributed by atoms with Crippen molar-refractivity contribution in [1.29, 1.82) is 0 Å². The number of furan rings is 1. The minimum Gasteiger partial charge on any atom is -0.467 e. The quantitative estimate of drug-likeness (QED) is 0.677. The summed E-state index contributed by atoms with van der Waals surface area (Å²) < 4.78 is 7.32. The highest BCUT2D eigenvalue weighted by Crippen LogP contribution is 2.30. The molecular weight excluding hydrogens is 370 g/mol. The first-order valence-corrected chi connectivity index (χ1v) is 10.2. The minimum atomic E-state index is -0.351. The van der Waals surface area contributed by atoms with E-state index in [2.05, 4.69) is 10.3 Å². The number of nitrogens with one attached hydrogen (secondary N) is 1. The molecule has 2 aromatic heterocycles. The van der Waals surface area contributed by atoms with Crippen LogP contribution < -0.4 is 5.32 Å². The zero-order valence-electron chi connectivity index (χ0n) is 14.1. The number of hydrogen-bond donors (Lipinski definition) is 1. The molecule has 1 aromatic carbocycles. The Hall–Kier alpha value is -2.32. The maximum atomic E-state index is 12.6. The third-order valence-corrected chi connectivity index (χ3v) is 6.33. The Balaban J connectivity index is 1.42. The number of amides is 2. The van der Waals surface area contributed by atoms with Gasteiger partial charge in [-0.3, -0.25) is 9.59 Å². The Morgan fingerprint density at radius 1 is 1.46 bits per heavy atom. The van der Waals surface area contributed by atoms with Crippen LogP contribution >= 0.6 is 23.1 Å². The van der Waals surface area contributed by atoms with Gasteiger partial charge >= 0.3 is 0 Å². The highest BCUT2D eigenvalue weighted by molar-refractivity contribution is 8.00. The van der Waals surface area contributed by atoms with Gasteiger partial charge in [-0.2, -0.15) is 0 Å². The lowest BCUT2D eigenvalue weighted by molar-refractivity contribution is -0.128. The maximum Gasteiger partial charge on any atom is 0.229 e. The summed E-state index contributed by atoms with van der Waals surface area (Å²) in [6.07, 6.45) is 3.80. The number of fused-ring (bicyclic) bond motifs is 1. The third-order valence-electron chi connectivity index (χ3n) is 4.32. The number of carbonyl (C=O) groups excluding carboxylic acids is 2. The van der Waals surface area contributed by atoms with Gasteiger partial charge < -0.3 is 14.6 Å². The van der Waals surface area contributed by atoms with E-state index in [-0.39, 0.29) is 24.2 Å². The van der Waals surface area contributed by atoms with Crippen LogP contribution in [0.4, 0.5) is 5.69 Å². The number of aromatic nitrogens is 1. The van der Waals surface area contributed by atoms with Gasteiger partial charge in [-0.15, -0.1) is 11.3 Å². The molecule has 0 spiro atoms. The molecule has 134 valence electrons. The molecule has 1 saturated heterocycles. The smallest absolute Gasteiger partial charge is 0.229 e. The molecule has 2 amide bonds. The van der Waals surface area contributed by atoms with E-state index in [1.807, 2.05) is 30.5 Å². The molecule has 6 nitrogen and oxygen atoms in total. The van der Waals surface area contributed by atoms with Crippen LogP contribution in [0.2, 0.25) is 0 Å². The molecule has 1 atom stereocenters. The lowest BCUT2D eigenvalue weighted by Gasteiger charge is -2.15. The number of nitrogens with zero attached hydrogens (tertiary/aromatic N) is 2.